The summed E-state index contributed by atoms with van der Waals surface area (Å²) in [6.45, 7) is 15.5. The van der Waals surface area contributed by atoms with Gasteiger partial charge in [-0.05, 0) is 0 Å². The maximum atomic E-state index is 3.64. The summed E-state index contributed by atoms with van der Waals surface area (Å²) in [4.78, 5) is 0. The Hall–Kier alpha value is 1.25. The molecule has 0 N–H and O–H groups in total. The van der Waals surface area contributed by atoms with Gasteiger partial charge in [-0.2, -0.15) is 11.8 Å². The van der Waals surface area contributed by atoms with Gasteiger partial charge in [0.15, 0.2) is 0 Å². The molecule has 0 radical (unpaired) electrons. The van der Waals surface area contributed by atoms with Crippen molar-refractivity contribution in [2.24, 2.45) is 11.8 Å². The van der Waals surface area contributed by atoms with Crippen LogP contribution in [0.1, 0.15) is 27.7 Å². The van der Waals surface area contributed by atoms with Gasteiger partial charge in [0.2, 0.25) is 0 Å². The average Bonchev–Trinajstić information content (AvgIpc) is 1.25. The fourth-order valence-electron chi connectivity index (χ4n) is 0. The van der Waals surface area contributed by atoms with Crippen LogP contribution in [0.3, 0.4) is 0 Å². The first-order valence-electron chi connectivity index (χ1n) is 3.13. The molecule has 0 unspecified atom stereocenters. The van der Waals surface area contributed by atoms with E-state index in [4.69, 9.17) is 0 Å². The fraction of sp³-hybridized carbons (Fsp3) is 0.750. The maximum absolute atomic E-state index is 3.64. The Labute approximate surface area is 93.1 Å². The molecule has 0 fully saturated rings. The van der Waals surface area contributed by atoms with E-state index in [9.17, 15) is 0 Å². The second-order valence-electron chi connectivity index (χ2n) is 2.79. The van der Waals surface area contributed by atoms with E-state index in [1.165, 1.54) is 0 Å². The van der Waals surface area contributed by atoms with Gasteiger partial charge in [0, 0.05) is 0 Å². The number of hydrogen-bond donors (Lipinski definition) is 0. The van der Waals surface area contributed by atoms with E-state index in [-0.39, 0.29) is 40.0 Å². The molecule has 0 aromatic carbocycles. The normalized spacial score (nSPS) is 7.20. The van der Waals surface area contributed by atoms with E-state index < -0.39 is 0 Å². The molecule has 10 heavy (non-hydrogen) atoms. The predicted molar refractivity (Wildman–Crippen MR) is 56.5 cm³/mol. The number of halogens is 1. The first-order valence-corrected chi connectivity index (χ1v) is 3.13. The molecule has 0 aromatic rings. The summed E-state index contributed by atoms with van der Waals surface area (Å²) in [6, 6.07) is 0. The Bertz CT molecular complexity index is 24.7. The zero-order valence-corrected chi connectivity index (χ0v) is 10.8. The Morgan fingerprint density at radius 3 is 0.800 bits per heavy atom. The van der Waals surface area contributed by atoms with Crippen molar-refractivity contribution in [2.45, 2.75) is 27.7 Å². The summed E-state index contributed by atoms with van der Waals surface area (Å²) < 4.78 is 0. The SMILES string of the molecule is Br.[CH2-]C(C)C.[CH2-]C(C)C.[Mg+2]. The summed E-state index contributed by atoms with van der Waals surface area (Å²) in [6.07, 6.45) is 0. The molecule has 0 aliphatic heterocycles. The Morgan fingerprint density at radius 1 is 0.800 bits per heavy atom. The quantitative estimate of drug-likeness (QED) is 0.434. The molecule has 0 aliphatic carbocycles. The van der Waals surface area contributed by atoms with Crippen LogP contribution in [-0.2, 0) is 0 Å². The topological polar surface area (TPSA) is 0 Å². The zero-order chi connectivity index (χ0) is 7.15. The molecule has 2 heteroatoms. The van der Waals surface area contributed by atoms with E-state index in [0.717, 1.165) is 0 Å². The van der Waals surface area contributed by atoms with Gasteiger partial charge in [-0.1, -0.05) is 27.7 Å². The van der Waals surface area contributed by atoms with Crippen LogP contribution in [0.5, 0.6) is 0 Å². The van der Waals surface area contributed by atoms with Gasteiger partial charge in [0.05, 0.1) is 0 Å². The van der Waals surface area contributed by atoms with Gasteiger partial charge < -0.3 is 13.8 Å². The van der Waals surface area contributed by atoms with E-state index in [1.54, 1.807) is 0 Å². The van der Waals surface area contributed by atoms with Gasteiger partial charge >= 0.3 is 23.1 Å². The molecule has 0 amide bonds. The third-order valence-electron chi connectivity index (χ3n) is 0. The summed E-state index contributed by atoms with van der Waals surface area (Å²) in [5, 5.41) is 0. The Kier molecular flexibility index (Phi) is 37.5. The van der Waals surface area contributed by atoms with Gasteiger partial charge in [-0.3, -0.25) is 0 Å². The molecule has 0 spiro atoms. The minimum Gasteiger partial charge on any atom is -0.341 e. The van der Waals surface area contributed by atoms with Crippen molar-refractivity contribution in [2.75, 3.05) is 0 Å². The van der Waals surface area contributed by atoms with Crippen LogP contribution < -0.4 is 0 Å². The Balaban J connectivity index is -0.0000000300. The molecule has 0 heterocycles. The van der Waals surface area contributed by atoms with Crippen molar-refractivity contribution >= 4 is 40.0 Å². The van der Waals surface area contributed by atoms with E-state index in [2.05, 4.69) is 41.5 Å². The van der Waals surface area contributed by atoms with Crippen molar-refractivity contribution in [3.8, 4) is 0 Å². The van der Waals surface area contributed by atoms with Crippen molar-refractivity contribution in [1.29, 1.82) is 0 Å². The van der Waals surface area contributed by atoms with Crippen LogP contribution in [0.2, 0.25) is 0 Å². The number of rotatable bonds is 0. The van der Waals surface area contributed by atoms with Crippen LogP contribution >= 0.6 is 17.0 Å². The smallest absolute Gasteiger partial charge is 0.341 e. The second-order valence-corrected chi connectivity index (χ2v) is 2.79. The minimum atomic E-state index is 0. The van der Waals surface area contributed by atoms with Gasteiger partial charge in [-0.15, -0.1) is 17.0 Å². The van der Waals surface area contributed by atoms with Gasteiger partial charge in [0.25, 0.3) is 0 Å². The largest absolute Gasteiger partial charge is 2.00 e. The molecule has 0 rings (SSSR count). The van der Waals surface area contributed by atoms with Crippen molar-refractivity contribution < 1.29 is 0 Å². The molecule has 0 aliphatic rings. The molecular weight excluding hydrogens is 200 g/mol. The Morgan fingerprint density at radius 2 is 0.800 bits per heavy atom. The van der Waals surface area contributed by atoms with Crippen LogP contribution in [0.4, 0.5) is 0 Å². The van der Waals surface area contributed by atoms with Crippen molar-refractivity contribution in [3.05, 3.63) is 13.8 Å². The first-order chi connectivity index (χ1) is 3.46. The van der Waals surface area contributed by atoms with E-state index >= 15 is 0 Å². The summed E-state index contributed by atoms with van der Waals surface area (Å²) in [7, 11) is 0. The molecule has 0 atom stereocenters. The molecule has 0 saturated carbocycles. The minimum absolute atomic E-state index is 0. The summed E-state index contributed by atoms with van der Waals surface area (Å²) in [5.74, 6) is 1.17. The fourth-order valence-corrected chi connectivity index (χ4v) is 0. The third-order valence-corrected chi connectivity index (χ3v) is 0. The monoisotopic (exact) mass is 218 g/mol. The predicted octanol–water partition coefficient (Wildman–Crippen LogP) is 3.15. The molecule has 0 nitrogen and oxygen atoms in total. The summed E-state index contributed by atoms with van der Waals surface area (Å²) in [5.41, 5.74) is 0. The standard InChI is InChI=1S/2C4H9.BrH.Mg/c2*1-4(2)3;;/h2*4H,1H2,2-3H3;1H;/q2*-1;;+2. The van der Waals surface area contributed by atoms with Gasteiger partial charge in [-0.25, -0.2) is 0 Å². The summed E-state index contributed by atoms with van der Waals surface area (Å²) >= 11 is 0. The van der Waals surface area contributed by atoms with Crippen molar-refractivity contribution in [3.63, 3.8) is 0 Å². The molecule has 0 saturated heterocycles. The van der Waals surface area contributed by atoms with Crippen LogP contribution in [0.25, 0.3) is 0 Å². The van der Waals surface area contributed by atoms with Gasteiger partial charge in [0.1, 0.15) is 0 Å². The van der Waals surface area contributed by atoms with E-state index in [0.29, 0.717) is 11.8 Å². The number of hydrogen-bond acceptors (Lipinski definition) is 0. The first kappa shape index (κ1) is 22.5. The average molecular weight is 219 g/mol. The third kappa shape index (κ3) is 405. The molecule has 0 bridgehead atoms. The van der Waals surface area contributed by atoms with Crippen LogP contribution in [0, 0.1) is 25.7 Å². The zero-order valence-electron chi connectivity index (χ0n) is 7.68. The second kappa shape index (κ2) is 16.7. The maximum Gasteiger partial charge on any atom is 2.00 e. The molecule has 0 aromatic heterocycles. The molecular formula is C8H19BrMg. The van der Waals surface area contributed by atoms with E-state index in [1.807, 2.05) is 0 Å². The van der Waals surface area contributed by atoms with Crippen molar-refractivity contribution in [1.82, 2.24) is 0 Å². The van der Waals surface area contributed by atoms with Crippen LogP contribution in [0.15, 0.2) is 0 Å². The molecule has 60 valence electrons. The van der Waals surface area contributed by atoms with Crippen LogP contribution in [-0.4, -0.2) is 23.1 Å².